The molecule has 0 aliphatic carbocycles. The summed E-state index contributed by atoms with van der Waals surface area (Å²) in [5, 5.41) is 0. The van der Waals surface area contributed by atoms with Crippen molar-refractivity contribution in [3.05, 3.63) is 18.1 Å². The first-order valence-electron chi connectivity index (χ1n) is 6.27. The van der Waals surface area contributed by atoms with Crippen molar-refractivity contribution < 1.29 is 0 Å². The van der Waals surface area contributed by atoms with Crippen molar-refractivity contribution in [1.29, 1.82) is 0 Å². The fourth-order valence-corrected chi connectivity index (χ4v) is 2.22. The second-order valence-electron chi connectivity index (χ2n) is 4.99. The summed E-state index contributed by atoms with van der Waals surface area (Å²) in [6.07, 6.45) is 7.74. The molecule has 1 atom stereocenters. The number of hydrogen-bond acceptors (Lipinski definition) is 3. The molecule has 3 heteroatoms. The van der Waals surface area contributed by atoms with Crippen LogP contribution >= 0.6 is 0 Å². The molecule has 88 valence electrons. The van der Waals surface area contributed by atoms with Crippen LogP contribution in [0.1, 0.15) is 51.6 Å². The number of anilines is 1. The van der Waals surface area contributed by atoms with Gasteiger partial charge in [0.15, 0.2) is 0 Å². The molecule has 2 rings (SSSR count). The Morgan fingerprint density at radius 2 is 2.06 bits per heavy atom. The van der Waals surface area contributed by atoms with Crippen LogP contribution in [-0.4, -0.2) is 22.6 Å². The second-order valence-corrected chi connectivity index (χ2v) is 4.99. The molecule has 0 spiro atoms. The van der Waals surface area contributed by atoms with Gasteiger partial charge in [0.1, 0.15) is 5.82 Å². The highest BCUT2D eigenvalue weighted by atomic mass is 15.2. The first kappa shape index (κ1) is 11.4. The maximum Gasteiger partial charge on any atom is 0.147 e. The summed E-state index contributed by atoms with van der Waals surface area (Å²) in [6.45, 7) is 7.69. The van der Waals surface area contributed by atoms with Gasteiger partial charge in [-0.25, -0.2) is 4.98 Å². The summed E-state index contributed by atoms with van der Waals surface area (Å²) in [7, 11) is 0. The minimum Gasteiger partial charge on any atom is -0.353 e. The van der Waals surface area contributed by atoms with E-state index in [0.717, 1.165) is 18.1 Å². The summed E-state index contributed by atoms with van der Waals surface area (Å²) in [4.78, 5) is 11.4. The van der Waals surface area contributed by atoms with Crippen LogP contribution < -0.4 is 4.90 Å². The predicted octanol–water partition coefficient (Wildman–Crippen LogP) is 2.98. The second kappa shape index (κ2) is 4.81. The van der Waals surface area contributed by atoms with Crippen LogP contribution in [0.15, 0.2) is 12.4 Å². The van der Waals surface area contributed by atoms with E-state index in [1.165, 1.54) is 19.3 Å². The molecule has 0 bridgehead atoms. The van der Waals surface area contributed by atoms with Crippen LogP contribution in [0, 0.1) is 0 Å². The standard InChI is InChI=1S/C13H21N3/c1-10(2)12-8-15-13(9-14-12)16-7-5-4-6-11(16)3/h8-11H,4-7H2,1-3H3. The van der Waals surface area contributed by atoms with Gasteiger partial charge in [-0.15, -0.1) is 0 Å². The van der Waals surface area contributed by atoms with Crippen LogP contribution in [0.2, 0.25) is 0 Å². The van der Waals surface area contributed by atoms with Crippen LogP contribution in [-0.2, 0) is 0 Å². The molecule has 0 amide bonds. The quantitative estimate of drug-likeness (QED) is 0.765. The molecule has 1 aromatic rings. The van der Waals surface area contributed by atoms with Gasteiger partial charge < -0.3 is 4.90 Å². The fourth-order valence-electron chi connectivity index (χ4n) is 2.22. The van der Waals surface area contributed by atoms with E-state index in [9.17, 15) is 0 Å². The molecule has 0 aromatic carbocycles. The van der Waals surface area contributed by atoms with E-state index < -0.39 is 0 Å². The zero-order valence-electron chi connectivity index (χ0n) is 10.5. The van der Waals surface area contributed by atoms with Crippen molar-refractivity contribution in [1.82, 2.24) is 9.97 Å². The molecule has 3 nitrogen and oxygen atoms in total. The van der Waals surface area contributed by atoms with Gasteiger partial charge in [0.05, 0.1) is 18.1 Å². The zero-order valence-corrected chi connectivity index (χ0v) is 10.5. The first-order chi connectivity index (χ1) is 7.68. The Bertz CT molecular complexity index is 332. The number of nitrogens with zero attached hydrogens (tertiary/aromatic N) is 3. The Labute approximate surface area is 97.9 Å². The van der Waals surface area contributed by atoms with Crippen LogP contribution in [0.5, 0.6) is 0 Å². The van der Waals surface area contributed by atoms with Gasteiger partial charge in [0.2, 0.25) is 0 Å². The minimum atomic E-state index is 0.459. The molecule has 1 aliphatic heterocycles. The number of hydrogen-bond donors (Lipinski definition) is 0. The SMILES string of the molecule is CC(C)c1cnc(N2CCCCC2C)cn1. The van der Waals surface area contributed by atoms with Crippen molar-refractivity contribution in [3.8, 4) is 0 Å². The lowest BCUT2D eigenvalue weighted by Gasteiger charge is -2.34. The zero-order chi connectivity index (χ0) is 11.5. The van der Waals surface area contributed by atoms with Gasteiger partial charge in [0, 0.05) is 12.6 Å². The summed E-state index contributed by atoms with van der Waals surface area (Å²) in [6, 6.07) is 0.605. The van der Waals surface area contributed by atoms with E-state index >= 15 is 0 Å². The first-order valence-corrected chi connectivity index (χ1v) is 6.27. The molecule has 2 heterocycles. The van der Waals surface area contributed by atoms with Gasteiger partial charge in [-0.3, -0.25) is 4.98 Å². The van der Waals surface area contributed by atoms with Crippen LogP contribution in [0.3, 0.4) is 0 Å². The molecule has 0 saturated carbocycles. The van der Waals surface area contributed by atoms with Crippen molar-refractivity contribution in [2.45, 2.75) is 52.0 Å². The lowest BCUT2D eigenvalue weighted by atomic mass is 10.0. The number of aromatic nitrogens is 2. The van der Waals surface area contributed by atoms with Crippen molar-refractivity contribution in [3.63, 3.8) is 0 Å². The predicted molar refractivity (Wildman–Crippen MR) is 66.8 cm³/mol. The average Bonchev–Trinajstić information content (AvgIpc) is 2.30. The average molecular weight is 219 g/mol. The van der Waals surface area contributed by atoms with Crippen molar-refractivity contribution >= 4 is 5.82 Å². The summed E-state index contributed by atoms with van der Waals surface area (Å²) >= 11 is 0. The summed E-state index contributed by atoms with van der Waals surface area (Å²) in [5.74, 6) is 1.50. The highest BCUT2D eigenvalue weighted by Crippen LogP contribution is 2.22. The van der Waals surface area contributed by atoms with Gasteiger partial charge in [-0.1, -0.05) is 13.8 Å². The topological polar surface area (TPSA) is 29.0 Å². The highest BCUT2D eigenvalue weighted by molar-refractivity contribution is 5.37. The highest BCUT2D eigenvalue weighted by Gasteiger charge is 2.19. The van der Waals surface area contributed by atoms with Crippen LogP contribution in [0.4, 0.5) is 5.82 Å². The fraction of sp³-hybridized carbons (Fsp3) is 0.692. The van der Waals surface area contributed by atoms with E-state index in [4.69, 9.17) is 0 Å². The van der Waals surface area contributed by atoms with Gasteiger partial charge in [0.25, 0.3) is 0 Å². The van der Waals surface area contributed by atoms with E-state index in [0.29, 0.717) is 12.0 Å². The lowest BCUT2D eigenvalue weighted by molar-refractivity contribution is 0.480. The molecule has 1 saturated heterocycles. The normalized spacial score (nSPS) is 21.5. The molecule has 1 aliphatic rings. The summed E-state index contributed by atoms with van der Waals surface area (Å²) in [5.41, 5.74) is 1.08. The summed E-state index contributed by atoms with van der Waals surface area (Å²) < 4.78 is 0. The molecular formula is C13H21N3. The largest absolute Gasteiger partial charge is 0.353 e. The number of piperidine rings is 1. The van der Waals surface area contributed by atoms with E-state index in [-0.39, 0.29) is 0 Å². The Hall–Kier alpha value is -1.12. The number of rotatable bonds is 2. The van der Waals surface area contributed by atoms with E-state index in [1.54, 1.807) is 0 Å². The van der Waals surface area contributed by atoms with E-state index in [2.05, 4.69) is 35.6 Å². The maximum absolute atomic E-state index is 4.54. The monoisotopic (exact) mass is 219 g/mol. The maximum atomic E-state index is 4.54. The van der Waals surface area contributed by atoms with E-state index in [1.807, 2.05) is 12.4 Å². The Balaban J connectivity index is 2.14. The third-order valence-electron chi connectivity index (χ3n) is 3.35. The van der Waals surface area contributed by atoms with Gasteiger partial charge in [-0.2, -0.15) is 0 Å². The third-order valence-corrected chi connectivity index (χ3v) is 3.35. The molecule has 1 unspecified atom stereocenters. The smallest absolute Gasteiger partial charge is 0.147 e. The molecule has 0 N–H and O–H groups in total. The molecule has 1 aromatic heterocycles. The third kappa shape index (κ3) is 2.34. The van der Waals surface area contributed by atoms with Gasteiger partial charge >= 0.3 is 0 Å². The molecule has 0 radical (unpaired) electrons. The Kier molecular flexibility index (Phi) is 3.42. The molecular weight excluding hydrogens is 198 g/mol. The Morgan fingerprint density at radius 1 is 1.25 bits per heavy atom. The van der Waals surface area contributed by atoms with Crippen molar-refractivity contribution in [2.75, 3.05) is 11.4 Å². The minimum absolute atomic E-state index is 0.459. The van der Waals surface area contributed by atoms with Gasteiger partial charge in [-0.05, 0) is 32.1 Å². The lowest BCUT2D eigenvalue weighted by Crippen LogP contribution is -2.38. The van der Waals surface area contributed by atoms with Crippen LogP contribution in [0.25, 0.3) is 0 Å². The molecule has 1 fully saturated rings. The van der Waals surface area contributed by atoms with Crippen molar-refractivity contribution in [2.24, 2.45) is 0 Å². The molecule has 16 heavy (non-hydrogen) atoms. The Morgan fingerprint density at radius 3 is 2.62 bits per heavy atom.